The van der Waals surface area contributed by atoms with Gasteiger partial charge in [0.15, 0.2) is 5.65 Å². The number of benzene rings is 1. The van der Waals surface area contributed by atoms with E-state index < -0.39 is 5.54 Å². The van der Waals surface area contributed by atoms with E-state index in [0.29, 0.717) is 36.8 Å². The number of nitrogens with zero attached hydrogens (tertiary/aromatic N) is 6. The molecule has 10 heteroatoms. The number of aryl methyl sites for hydroxylation is 2. The van der Waals surface area contributed by atoms with E-state index in [2.05, 4.69) is 37.5 Å². The summed E-state index contributed by atoms with van der Waals surface area (Å²) in [5, 5.41) is 6.54. The Balaban J connectivity index is 1.47. The number of hydrogen-bond acceptors (Lipinski definition) is 8. The Hall–Kier alpha value is -3.76. The first-order valence-electron chi connectivity index (χ1n) is 11.8. The minimum Gasteiger partial charge on any atom is -0.380 e. The largest absolute Gasteiger partial charge is 0.380 e. The quantitative estimate of drug-likeness (QED) is 0.457. The molecule has 0 radical (unpaired) electrons. The van der Waals surface area contributed by atoms with Crippen LogP contribution in [0, 0.1) is 6.92 Å². The number of fused-ring (bicyclic) bond motifs is 2. The van der Waals surface area contributed by atoms with Gasteiger partial charge in [0.25, 0.3) is 0 Å². The van der Waals surface area contributed by atoms with Gasteiger partial charge in [-0.2, -0.15) is 0 Å². The third-order valence-corrected chi connectivity index (χ3v) is 6.84. The number of anilines is 1. The number of amides is 1. The maximum absolute atomic E-state index is 13.0. The molecule has 10 nitrogen and oxygen atoms in total. The van der Waals surface area contributed by atoms with E-state index in [-0.39, 0.29) is 11.9 Å². The molecule has 2 atom stereocenters. The Bertz CT molecular complexity index is 1440. The number of imidazole rings is 1. The number of carbonyl (C=O) groups excluding carboxylic acids is 1. The molecule has 0 saturated carbocycles. The average molecular weight is 471 g/mol. The minimum absolute atomic E-state index is 0.0682. The van der Waals surface area contributed by atoms with Crippen molar-refractivity contribution in [1.82, 2.24) is 34.8 Å². The topological polar surface area (TPSA) is 120 Å². The van der Waals surface area contributed by atoms with E-state index in [1.165, 1.54) is 0 Å². The van der Waals surface area contributed by atoms with Gasteiger partial charge in [-0.25, -0.2) is 24.9 Å². The lowest BCUT2D eigenvalue weighted by atomic mass is 9.90. The van der Waals surface area contributed by atoms with Gasteiger partial charge >= 0.3 is 0 Å². The van der Waals surface area contributed by atoms with Crippen molar-refractivity contribution in [2.75, 3.05) is 18.5 Å². The molecule has 1 amide bonds. The van der Waals surface area contributed by atoms with Crippen molar-refractivity contribution in [3.05, 3.63) is 48.3 Å². The molecule has 178 valence electrons. The molecular weight excluding hydrogens is 444 g/mol. The number of nitrogens with one attached hydrogen (secondary N) is 2. The molecule has 35 heavy (non-hydrogen) atoms. The Morgan fingerprint density at radius 1 is 1.20 bits per heavy atom. The average Bonchev–Trinajstić information content (AvgIpc) is 3.57. The fraction of sp³-hybridized carbons (Fsp3) is 0.360. The second kappa shape index (κ2) is 8.17. The highest BCUT2D eigenvalue weighted by Crippen LogP contribution is 2.40. The SMILES string of the molecule is CCn1c(-c2cnc(C)nc2)nc2c(-c3ccc4c(c3)C(C)(N[C@H]3CCOC3)C(=O)N4)ncnc21. The molecule has 0 spiro atoms. The van der Waals surface area contributed by atoms with Gasteiger partial charge in [0.05, 0.1) is 12.2 Å². The predicted octanol–water partition coefficient (Wildman–Crippen LogP) is 2.82. The van der Waals surface area contributed by atoms with Crippen LogP contribution in [0.5, 0.6) is 0 Å². The van der Waals surface area contributed by atoms with Gasteiger partial charge in [-0.15, -0.1) is 0 Å². The molecule has 2 aliphatic rings. The van der Waals surface area contributed by atoms with E-state index in [1.807, 2.05) is 36.6 Å². The van der Waals surface area contributed by atoms with Crippen LogP contribution in [-0.2, 0) is 21.6 Å². The summed E-state index contributed by atoms with van der Waals surface area (Å²) in [4.78, 5) is 35.7. The molecular formula is C25H26N8O2. The van der Waals surface area contributed by atoms with Crippen molar-refractivity contribution >= 4 is 22.8 Å². The van der Waals surface area contributed by atoms with Gasteiger partial charge in [0, 0.05) is 48.4 Å². The number of rotatable bonds is 5. The van der Waals surface area contributed by atoms with Gasteiger partial charge in [0.1, 0.15) is 34.7 Å². The lowest BCUT2D eigenvalue weighted by molar-refractivity contribution is -0.121. The zero-order chi connectivity index (χ0) is 24.2. The molecule has 2 N–H and O–H groups in total. The van der Waals surface area contributed by atoms with Gasteiger partial charge < -0.3 is 14.6 Å². The van der Waals surface area contributed by atoms with E-state index >= 15 is 0 Å². The summed E-state index contributed by atoms with van der Waals surface area (Å²) >= 11 is 0. The second-order valence-corrected chi connectivity index (χ2v) is 9.14. The molecule has 3 aromatic heterocycles. The first-order chi connectivity index (χ1) is 17.0. The zero-order valence-corrected chi connectivity index (χ0v) is 19.9. The van der Waals surface area contributed by atoms with Gasteiger partial charge in [0.2, 0.25) is 5.91 Å². The van der Waals surface area contributed by atoms with Crippen LogP contribution in [0.3, 0.4) is 0 Å². The van der Waals surface area contributed by atoms with Gasteiger partial charge in [-0.05, 0) is 39.3 Å². The van der Waals surface area contributed by atoms with Crippen LogP contribution < -0.4 is 10.6 Å². The second-order valence-electron chi connectivity index (χ2n) is 9.14. The molecule has 1 saturated heterocycles. The Labute approximate surface area is 202 Å². The zero-order valence-electron chi connectivity index (χ0n) is 19.9. The van der Waals surface area contributed by atoms with Crippen molar-refractivity contribution < 1.29 is 9.53 Å². The smallest absolute Gasteiger partial charge is 0.249 e. The van der Waals surface area contributed by atoms with E-state index in [4.69, 9.17) is 9.72 Å². The lowest BCUT2D eigenvalue weighted by Crippen LogP contribution is -2.50. The molecule has 2 aliphatic heterocycles. The Morgan fingerprint density at radius 3 is 2.77 bits per heavy atom. The Morgan fingerprint density at radius 2 is 2.03 bits per heavy atom. The highest BCUT2D eigenvalue weighted by atomic mass is 16.5. The summed E-state index contributed by atoms with van der Waals surface area (Å²) in [7, 11) is 0. The van der Waals surface area contributed by atoms with E-state index in [0.717, 1.165) is 40.3 Å². The van der Waals surface area contributed by atoms with Crippen LogP contribution >= 0.6 is 0 Å². The van der Waals surface area contributed by atoms with Crippen LogP contribution in [0.25, 0.3) is 33.8 Å². The number of carbonyl (C=O) groups is 1. The van der Waals surface area contributed by atoms with Crippen molar-refractivity contribution in [3.8, 4) is 22.6 Å². The molecule has 1 fully saturated rings. The third-order valence-electron chi connectivity index (χ3n) is 6.84. The van der Waals surface area contributed by atoms with Crippen molar-refractivity contribution in [2.24, 2.45) is 0 Å². The third kappa shape index (κ3) is 3.48. The molecule has 0 bridgehead atoms. The highest BCUT2D eigenvalue weighted by Gasteiger charge is 2.44. The summed E-state index contributed by atoms with van der Waals surface area (Å²) in [6.07, 6.45) is 5.99. The molecule has 4 aromatic rings. The summed E-state index contributed by atoms with van der Waals surface area (Å²) in [6.45, 7) is 7.82. The van der Waals surface area contributed by atoms with Crippen LogP contribution in [0.2, 0.25) is 0 Å². The maximum atomic E-state index is 13.0. The first kappa shape index (κ1) is 21.8. The minimum atomic E-state index is -0.858. The van der Waals surface area contributed by atoms with Crippen LogP contribution in [0.1, 0.15) is 31.7 Å². The number of aromatic nitrogens is 6. The molecule has 1 aromatic carbocycles. The monoisotopic (exact) mass is 470 g/mol. The number of hydrogen-bond donors (Lipinski definition) is 2. The molecule has 6 rings (SSSR count). The van der Waals surface area contributed by atoms with Crippen molar-refractivity contribution in [1.29, 1.82) is 0 Å². The fourth-order valence-electron chi connectivity index (χ4n) is 4.96. The van der Waals surface area contributed by atoms with Crippen LogP contribution in [-0.4, -0.2) is 54.6 Å². The van der Waals surface area contributed by atoms with E-state index in [1.54, 1.807) is 18.7 Å². The lowest BCUT2D eigenvalue weighted by Gasteiger charge is -2.27. The fourth-order valence-corrected chi connectivity index (χ4v) is 4.96. The van der Waals surface area contributed by atoms with Crippen LogP contribution in [0.15, 0.2) is 36.9 Å². The molecule has 1 unspecified atom stereocenters. The summed E-state index contributed by atoms with van der Waals surface area (Å²) in [5.41, 5.74) is 4.67. The van der Waals surface area contributed by atoms with E-state index in [9.17, 15) is 4.79 Å². The molecule has 0 aliphatic carbocycles. The van der Waals surface area contributed by atoms with Crippen LogP contribution in [0.4, 0.5) is 5.69 Å². The summed E-state index contributed by atoms with van der Waals surface area (Å²) in [6, 6.07) is 6.05. The highest BCUT2D eigenvalue weighted by molar-refractivity contribution is 6.06. The van der Waals surface area contributed by atoms with Crippen molar-refractivity contribution in [3.63, 3.8) is 0 Å². The first-order valence-corrected chi connectivity index (χ1v) is 11.8. The molecule has 5 heterocycles. The van der Waals surface area contributed by atoms with Gasteiger partial charge in [-0.3, -0.25) is 10.1 Å². The maximum Gasteiger partial charge on any atom is 0.249 e. The predicted molar refractivity (Wildman–Crippen MR) is 131 cm³/mol. The number of ether oxygens (including phenoxy) is 1. The summed E-state index contributed by atoms with van der Waals surface area (Å²) in [5.74, 6) is 1.38. The Kier molecular flexibility index (Phi) is 5.08. The standard InChI is InChI=1S/C25H26N8O2/c1-4-33-22(16-10-26-14(2)27-11-16)31-21-20(28-13-29-23(21)33)15-5-6-19-18(9-15)25(3,24(34)30-19)32-17-7-8-35-12-17/h5-6,9-11,13,17,32H,4,7-8,12H2,1-3H3,(H,30,34)/t17-,25?/m0/s1. The van der Waals surface area contributed by atoms with Gasteiger partial charge in [-0.1, -0.05) is 6.07 Å². The summed E-state index contributed by atoms with van der Waals surface area (Å²) < 4.78 is 7.55. The normalized spacial score (nSPS) is 21.5. The van der Waals surface area contributed by atoms with Crippen molar-refractivity contribution in [2.45, 2.75) is 45.3 Å².